The molecule has 8 heteroatoms. The molecule has 198 valence electrons. The van der Waals surface area contributed by atoms with Gasteiger partial charge in [0.25, 0.3) is 5.91 Å². The molecule has 2 amide bonds. The van der Waals surface area contributed by atoms with Crippen LogP contribution in [0.2, 0.25) is 0 Å². The lowest BCUT2D eigenvalue weighted by molar-refractivity contribution is -0.120. The van der Waals surface area contributed by atoms with E-state index in [9.17, 15) is 9.59 Å². The molecule has 1 aliphatic heterocycles. The monoisotopic (exact) mass is 513 g/mol. The molecular weight excluding hydrogens is 478 g/mol. The minimum Gasteiger partial charge on any atom is -0.391 e. The van der Waals surface area contributed by atoms with Crippen LogP contribution in [-0.4, -0.2) is 39.6 Å². The predicted molar refractivity (Wildman–Crippen MR) is 147 cm³/mol. The molecule has 2 heterocycles. The lowest BCUT2D eigenvalue weighted by Gasteiger charge is -2.31. The lowest BCUT2D eigenvalue weighted by Crippen LogP contribution is -2.38. The fraction of sp³-hybridized carbons (Fsp3) is 0.433. The van der Waals surface area contributed by atoms with Crippen molar-refractivity contribution in [2.75, 3.05) is 0 Å². The molecule has 3 aromatic rings. The summed E-state index contributed by atoms with van der Waals surface area (Å²) in [6.45, 7) is 5.92. The second kappa shape index (κ2) is 11.3. The van der Waals surface area contributed by atoms with Gasteiger partial charge in [-0.15, -0.1) is 0 Å². The molecule has 1 fully saturated rings. The minimum absolute atomic E-state index is 0.00444. The van der Waals surface area contributed by atoms with Gasteiger partial charge in [0, 0.05) is 25.9 Å². The predicted octanol–water partition coefficient (Wildman–Crippen LogP) is 4.62. The zero-order valence-corrected chi connectivity index (χ0v) is 22.3. The normalized spacial score (nSPS) is 21.0. The molecule has 1 atom stereocenters. The van der Waals surface area contributed by atoms with Crippen molar-refractivity contribution in [3.63, 3.8) is 0 Å². The first kappa shape index (κ1) is 25.8. The van der Waals surface area contributed by atoms with Crippen LogP contribution in [0.15, 0.2) is 47.6 Å². The first-order valence-electron chi connectivity index (χ1n) is 13.5. The first-order valence-corrected chi connectivity index (χ1v) is 13.5. The summed E-state index contributed by atoms with van der Waals surface area (Å²) in [5.74, 6) is 0.693. The first-order chi connectivity index (χ1) is 18.4. The highest BCUT2D eigenvalue weighted by Crippen LogP contribution is 2.33. The zero-order valence-electron chi connectivity index (χ0n) is 22.3. The zero-order chi connectivity index (χ0) is 26.6. The maximum absolute atomic E-state index is 13.1. The third-order valence-electron chi connectivity index (χ3n) is 7.69. The van der Waals surface area contributed by atoms with Gasteiger partial charge in [-0.1, -0.05) is 48.5 Å². The van der Waals surface area contributed by atoms with Crippen molar-refractivity contribution in [2.24, 2.45) is 11.1 Å². The van der Waals surface area contributed by atoms with Gasteiger partial charge in [0.2, 0.25) is 5.91 Å². The topological polar surface area (TPSA) is 106 Å². The number of hydrogen-bond acceptors (Lipinski definition) is 6. The largest absolute Gasteiger partial charge is 0.391 e. The average Bonchev–Trinajstić information content (AvgIpc) is 3.42. The standard InChI is InChI=1S/C30H35N5O3/c1-4-20-9-10-22(25-8-6-5-7-24(20)25)17-31-30(37)28-15-26(32-18(2)33-28)27-16-29(38-35-27)21-11-13-23(14-12-21)34-19(3)36/h5-10,15,21,23,29H,4,11-14,16-17H2,1-3H3,(H,31,37)(H,34,36). The molecule has 8 nitrogen and oxygen atoms in total. The van der Waals surface area contributed by atoms with Crippen molar-refractivity contribution in [1.29, 1.82) is 0 Å². The van der Waals surface area contributed by atoms with Gasteiger partial charge < -0.3 is 15.5 Å². The van der Waals surface area contributed by atoms with Crippen LogP contribution in [0.25, 0.3) is 10.8 Å². The molecule has 5 rings (SSSR count). The molecule has 2 aliphatic rings. The number of rotatable bonds is 7. The Balaban J connectivity index is 1.23. The van der Waals surface area contributed by atoms with Gasteiger partial charge in [-0.25, -0.2) is 9.97 Å². The van der Waals surface area contributed by atoms with Crippen molar-refractivity contribution in [3.05, 3.63) is 70.8 Å². The van der Waals surface area contributed by atoms with Gasteiger partial charge in [0.15, 0.2) is 0 Å². The summed E-state index contributed by atoms with van der Waals surface area (Å²) in [6.07, 6.45) is 5.49. The molecule has 2 aromatic carbocycles. The number of aryl methyl sites for hydroxylation is 2. The molecule has 2 N–H and O–H groups in total. The van der Waals surface area contributed by atoms with Gasteiger partial charge in [-0.3, -0.25) is 9.59 Å². The number of aromatic nitrogens is 2. The number of nitrogens with zero attached hydrogens (tertiary/aromatic N) is 3. The van der Waals surface area contributed by atoms with Gasteiger partial charge in [-0.05, 0) is 72.9 Å². The highest BCUT2D eigenvalue weighted by atomic mass is 16.6. The van der Waals surface area contributed by atoms with E-state index in [-0.39, 0.29) is 24.0 Å². The number of amides is 2. The summed E-state index contributed by atoms with van der Waals surface area (Å²) < 4.78 is 0. The number of hydrogen-bond donors (Lipinski definition) is 2. The lowest BCUT2D eigenvalue weighted by atomic mass is 9.81. The van der Waals surface area contributed by atoms with Gasteiger partial charge in [0.1, 0.15) is 23.3 Å². The van der Waals surface area contributed by atoms with Crippen molar-refractivity contribution < 1.29 is 14.4 Å². The summed E-state index contributed by atoms with van der Waals surface area (Å²) in [4.78, 5) is 39.2. The third kappa shape index (κ3) is 5.69. The van der Waals surface area contributed by atoms with Crippen molar-refractivity contribution in [3.8, 4) is 0 Å². The molecular formula is C30H35N5O3. The Morgan fingerprint density at radius 1 is 1.00 bits per heavy atom. The van der Waals surface area contributed by atoms with E-state index < -0.39 is 0 Å². The number of benzene rings is 2. The quantitative estimate of drug-likeness (QED) is 0.480. The number of nitrogens with one attached hydrogen (secondary N) is 2. The van der Waals surface area contributed by atoms with Crippen LogP contribution >= 0.6 is 0 Å². The number of oxime groups is 1. The van der Waals surface area contributed by atoms with E-state index >= 15 is 0 Å². The maximum Gasteiger partial charge on any atom is 0.270 e. The fourth-order valence-corrected chi connectivity index (χ4v) is 5.71. The van der Waals surface area contributed by atoms with E-state index in [2.05, 4.69) is 56.9 Å². The summed E-state index contributed by atoms with van der Waals surface area (Å²) in [6, 6.07) is 14.5. The summed E-state index contributed by atoms with van der Waals surface area (Å²) in [5.41, 5.74) is 4.07. The van der Waals surface area contributed by atoms with E-state index in [0.29, 0.717) is 36.1 Å². The minimum atomic E-state index is -0.243. The molecule has 0 bridgehead atoms. The molecule has 0 radical (unpaired) electrons. The van der Waals surface area contributed by atoms with Gasteiger partial charge >= 0.3 is 0 Å². The summed E-state index contributed by atoms with van der Waals surface area (Å²) >= 11 is 0. The maximum atomic E-state index is 13.1. The van der Waals surface area contributed by atoms with E-state index in [1.807, 2.05) is 12.1 Å². The Morgan fingerprint density at radius 2 is 1.71 bits per heavy atom. The molecule has 38 heavy (non-hydrogen) atoms. The number of carbonyl (C=O) groups excluding carboxylic acids is 2. The summed E-state index contributed by atoms with van der Waals surface area (Å²) in [7, 11) is 0. The molecule has 0 spiro atoms. The SMILES string of the molecule is CCc1ccc(CNC(=O)c2cc(C3=NOC(C4CCC(NC(C)=O)CC4)C3)nc(C)n2)c2ccccc12. The second-order valence-corrected chi connectivity index (χ2v) is 10.3. The molecule has 1 saturated carbocycles. The van der Waals surface area contributed by atoms with E-state index in [1.165, 1.54) is 10.9 Å². The Bertz CT molecular complexity index is 1380. The van der Waals surface area contributed by atoms with Crippen molar-refractivity contribution in [2.45, 2.75) is 78.0 Å². The van der Waals surface area contributed by atoms with Gasteiger partial charge in [0.05, 0.1) is 5.69 Å². The highest BCUT2D eigenvalue weighted by Gasteiger charge is 2.34. The molecule has 0 saturated heterocycles. The smallest absolute Gasteiger partial charge is 0.270 e. The number of fused-ring (bicyclic) bond motifs is 1. The van der Waals surface area contributed by atoms with Crippen molar-refractivity contribution >= 4 is 28.3 Å². The van der Waals surface area contributed by atoms with Gasteiger partial charge in [-0.2, -0.15) is 0 Å². The van der Waals surface area contributed by atoms with Crippen LogP contribution in [0.5, 0.6) is 0 Å². The van der Waals surface area contributed by atoms with Crippen LogP contribution in [0.4, 0.5) is 0 Å². The van der Waals surface area contributed by atoms with Crippen LogP contribution in [-0.2, 0) is 22.6 Å². The number of carbonyl (C=O) groups is 2. The summed E-state index contributed by atoms with van der Waals surface area (Å²) in [5, 5.41) is 12.8. The Kier molecular flexibility index (Phi) is 7.67. The van der Waals surface area contributed by atoms with E-state index in [1.54, 1.807) is 19.9 Å². The van der Waals surface area contributed by atoms with Crippen LogP contribution in [0.1, 0.15) is 79.1 Å². The van der Waals surface area contributed by atoms with Crippen molar-refractivity contribution in [1.82, 2.24) is 20.6 Å². The van der Waals surface area contributed by atoms with E-state index in [0.717, 1.165) is 48.8 Å². The Labute approximate surface area is 223 Å². The Morgan fingerprint density at radius 3 is 2.42 bits per heavy atom. The second-order valence-electron chi connectivity index (χ2n) is 10.3. The fourth-order valence-electron chi connectivity index (χ4n) is 5.71. The van der Waals surface area contributed by atoms with Crippen LogP contribution < -0.4 is 10.6 Å². The van der Waals surface area contributed by atoms with E-state index in [4.69, 9.17) is 4.84 Å². The molecule has 1 unspecified atom stereocenters. The average molecular weight is 514 g/mol. The Hall–Kier alpha value is -3.81. The third-order valence-corrected chi connectivity index (χ3v) is 7.69. The molecule has 1 aliphatic carbocycles. The van der Waals surface area contributed by atoms with Crippen LogP contribution in [0, 0.1) is 12.8 Å². The highest BCUT2D eigenvalue weighted by molar-refractivity contribution is 6.02. The molecule has 1 aromatic heterocycles. The van der Waals surface area contributed by atoms with Crippen LogP contribution in [0.3, 0.4) is 0 Å².